The Kier molecular flexibility index (Phi) is 9.07. The standard InChI is InChI=1S/C14H23N7S.HI/c1-4-13-20-18-10-21(13)8-7-17-14(15-3)16-6-5-12-9-22-11(2)19-12;/h9-10H,4-8H2,1-3H3,(H2,15,16,17);1H. The molecule has 2 N–H and O–H groups in total. The minimum Gasteiger partial charge on any atom is -0.356 e. The molecule has 9 heteroatoms. The Morgan fingerprint density at radius 2 is 2.13 bits per heavy atom. The van der Waals surface area contributed by atoms with Crippen LogP contribution in [-0.4, -0.2) is 45.8 Å². The van der Waals surface area contributed by atoms with Crippen LogP contribution in [0, 0.1) is 6.92 Å². The Hall–Kier alpha value is -1.23. The zero-order valence-electron chi connectivity index (χ0n) is 13.7. The minimum atomic E-state index is 0. The number of hydrogen-bond donors (Lipinski definition) is 2. The first kappa shape index (κ1) is 19.8. The van der Waals surface area contributed by atoms with Crippen molar-refractivity contribution in [3.63, 3.8) is 0 Å². The topological polar surface area (TPSA) is 80.0 Å². The van der Waals surface area contributed by atoms with Crippen molar-refractivity contribution in [3.8, 4) is 0 Å². The third kappa shape index (κ3) is 6.42. The number of aromatic nitrogens is 4. The van der Waals surface area contributed by atoms with Gasteiger partial charge in [-0.2, -0.15) is 0 Å². The van der Waals surface area contributed by atoms with E-state index in [1.807, 2.05) is 6.92 Å². The summed E-state index contributed by atoms with van der Waals surface area (Å²) in [4.78, 5) is 8.67. The third-order valence-corrected chi connectivity index (χ3v) is 4.04. The van der Waals surface area contributed by atoms with E-state index in [2.05, 4.69) is 47.7 Å². The molecule has 0 fully saturated rings. The van der Waals surface area contributed by atoms with Crippen LogP contribution in [0.25, 0.3) is 0 Å². The number of nitrogens with one attached hydrogen (secondary N) is 2. The fourth-order valence-corrected chi connectivity index (χ4v) is 2.73. The highest BCUT2D eigenvalue weighted by Crippen LogP contribution is 2.07. The molecule has 0 radical (unpaired) electrons. The van der Waals surface area contributed by atoms with Crippen LogP contribution in [0.15, 0.2) is 16.7 Å². The number of rotatable bonds is 7. The molecule has 2 aromatic heterocycles. The lowest BCUT2D eigenvalue weighted by Crippen LogP contribution is -2.39. The maximum atomic E-state index is 4.45. The average molecular weight is 449 g/mol. The van der Waals surface area contributed by atoms with Crippen LogP contribution < -0.4 is 10.6 Å². The van der Waals surface area contributed by atoms with Gasteiger partial charge in [0.05, 0.1) is 10.7 Å². The van der Waals surface area contributed by atoms with Crippen LogP contribution in [-0.2, 0) is 19.4 Å². The lowest BCUT2D eigenvalue weighted by molar-refractivity contribution is 0.632. The van der Waals surface area contributed by atoms with Crippen molar-refractivity contribution in [1.29, 1.82) is 0 Å². The number of hydrogen-bond acceptors (Lipinski definition) is 5. The summed E-state index contributed by atoms with van der Waals surface area (Å²) in [5.74, 6) is 1.81. The van der Waals surface area contributed by atoms with E-state index in [9.17, 15) is 0 Å². The van der Waals surface area contributed by atoms with Gasteiger partial charge in [-0.1, -0.05) is 6.92 Å². The van der Waals surface area contributed by atoms with Crippen molar-refractivity contribution in [3.05, 3.63) is 28.2 Å². The molecule has 23 heavy (non-hydrogen) atoms. The predicted molar refractivity (Wildman–Crippen MR) is 105 cm³/mol. The molecule has 0 saturated carbocycles. The Labute approximate surface area is 158 Å². The lowest BCUT2D eigenvalue weighted by atomic mass is 10.3. The molecule has 0 aliphatic carbocycles. The second-order valence-electron chi connectivity index (χ2n) is 4.83. The maximum absolute atomic E-state index is 4.45. The number of thiazole rings is 1. The molecule has 0 aromatic carbocycles. The highest BCUT2D eigenvalue weighted by atomic mass is 127. The molecular weight excluding hydrogens is 425 g/mol. The first-order valence-electron chi connectivity index (χ1n) is 7.45. The average Bonchev–Trinajstić information content (AvgIpc) is 3.14. The molecule has 0 aliphatic rings. The molecule has 0 aliphatic heterocycles. The molecule has 0 bridgehead atoms. The molecule has 0 amide bonds. The molecule has 0 atom stereocenters. The van der Waals surface area contributed by atoms with Gasteiger partial charge in [-0.15, -0.1) is 45.5 Å². The molecule has 2 heterocycles. The van der Waals surface area contributed by atoms with Gasteiger partial charge in [0.25, 0.3) is 0 Å². The number of guanidine groups is 1. The van der Waals surface area contributed by atoms with Crippen molar-refractivity contribution in [1.82, 2.24) is 30.4 Å². The van der Waals surface area contributed by atoms with Gasteiger partial charge in [0.1, 0.15) is 12.2 Å². The van der Waals surface area contributed by atoms with Gasteiger partial charge >= 0.3 is 0 Å². The molecule has 0 saturated heterocycles. The van der Waals surface area contributed by atoms with Crippen molar-refractivity contribution in [2.75, 3.05) is 20.1 Å². The number of aliphatic imine (C=N–C) groups is 1. The van der Waals surface area contributed by atoms with Crippen molar-refractivity contribution in [2.45, 2.75) is 33.2 Å². The Morgan fingerprint density at radius 1 is 1.35 bits per heavy atom. The van der Waals surface area contributed by atoms with Crippen molar-refractivity contribution in [2.24, 2.45) is 4.99 Å². The second kappa shape index (κ2) is 10.5. The summed E-state index contributed by atoms with van der Waals surface area (Å²) in [7, 11) is 1.78. The third-order valence-electron chi connectivity index (χ3n) is 3.22. The zero-order valence-corrected chi connectivity index (χ0v) is 16.9. The van der Waals surface area contributed by atoms with E-state index in [4.69, 9.17) is 0 Å². The molecule has 0 unspecified atom stereocenters. The summed E-state index contributed by atoms with van der Waals surface area (Å²) >= 11 is 1.69. The zero-order chi connectivity index (χ0) is 15.8. The number of halogens is 1. The predicted octanol–water partition coefficient (Wildman–Crippen LogP) is 1.63. The van der Waals surface area contributed by atoms with Gasteiger partial charge in [-0.25, -0.2) is 4.98 Å². The maximum Gasteiger partial charge on any atom is 0.191 e. The van der Waals surface area contributed by atoms with E-state index in [0.717, 1.165) is 55.0 Å². The van der Waals surface area contributed by atoms with Crippen LogP contribution in [0.5, 0.6) is 0 Å². The van der Waals surface area contributed by atoms with Crippen molar-refractivity contribution >= 4 is 41.3 Å². The van der Waals surface area contributed by atoms with E-state index < -0.39 is 0 Å². The highest BCUT2D eigenvalue weighted by molar-refractivity contribution is 14.0. The van der Waals surface area contributed by atoms with E-state index >= 15 is 0 Å². The van der Waals surface area contributed by atoms with E-state index in [1.165, 1.54) is 0 Å². The summed E-state index contributed by atoms with van der Waals surface area (Å²) < 4.78 is 2.05. The molecule has 2 aromatic rings. The summed E-state index contributed by atoms with van der Waals surface area (Å²) in [5.41, 5.74) is 1.13. The van der Waals surface area contributed by atoms with E-state index in [0.29, 0.717) is 0 Å². The minimum absolute atomic E-state index is 0. The van der Waals surface area contributed by atoms with Gasteiger partial charge in [0.15, 0.2) is 5.96 Å². The molecular formula is C14H24IN7S. The van der Waals surface area contributed by atoms with Gasteiger partial charge < -0.3 is 15.2 Å². The number of nitrogens with zero attached hydrogens (tertiary/aromatic N) is 5. The normalized spacial score (nSPS) is 11.2. The van der Waals surface area contributed by atoms with Crippen LogP contribution in [0.3, 0.4) is 0 Å². The van der Waals surface area contributed by atoms with Crippen LogP contribution >= 0.6 is 35.3 Å². The largest absolute Gasteiger partial charge is 0.356 e. The fourth-order valence-electron chi connectivity index (χ4n) is 2.09. The summed E-state index contributed by atoms with van der Waals surface area (Å²) in [6, 6.07) is 0. The van der Waals surface area contributed by atoms with Gasteiger partial charge in [0.2, 0.25) is 0 Å². The first-order valence-corrected chi connectivity index (χ1v) is 8.33. The summed E-state index contributed by atoms with van der Waals surface area (Å²) in [5, 5.41) is 17.8. The van der Waals surface area contributed by atoms with Crippen LogP contribution in [0.4, 0.5) is 0 Å². The van der Waals surface area contributed by atoms with E-state index in [1.54, 1.807) is 24.7 Å². The Balaban J connectivity index is 0.00000264. The smallest absolute Gasteiger partial charge is 0.191 e. The Bertz CT molecular complexity index is 608. The lowest BCUT2D eigenvalue weighted by Gasteiger charge is -2.12. The summed E-state index contributed by atoms with van der Waals surface area (Å²) in [6.45, 7) is 6.52. The van der Waals surface area contributed by atoms with Crippen LogP contribution in [0.2, 0.25) is 0 Å². The fraction of sp³-hybridized carbons (Fsp3) is 0.571. The molecule has 2 rings (SSSR count). The quantitative estimate of drug-likeness (QED) is 0.382. The second-order valence-corrected chi connectivity index (χ2v) is 5.89. The SMILES string of the molecule is CCc1nncn1CCNC(=NC)NCCc1csc(C)n1.I. The van der Waals surface area contributed by atoms with Gasteiger partial charge in [-0.05, 0) is 6.92 Å². The molecule has 7 nitrogen and oxygen atoms in total. The van der Waals surface area contributed by atoms with Gasteiger partial charge in [-0.3, -0.25) is 4.99 Å². The summed E-state index contributed by atoms with van der Waals surface area (Å²) in [6.07, 6.45) is 3.55. The number of aryl methyl sites for hydroxylation is 2. The Morgan fingerprint density at radius 3 is 2.78 bits per heavy atom. The molecule has 128 valence electrons. The first-order chi connectivity index (χ1) is 10.7. The molecule has 0 spiro atoms. The van der Waals surface area contributed by atoms with Crippen molar-refractivity contribution < 1.29 is 0 Å². The highest BCUT2D eigenvalue weighted by Gasteiger charge is 2.03. The van der Waals surface area contributed by atoms with E-state index in [-0.39, 0.29) is 24.0 Å². The monoisotopic (exact) mass is 449 g/mol. The van der Waals surface area contributed by atoms with Crippen LogP contribution in [0.1, 0.15) is 23.4 Å². The van der Waals surface area contributed by atoms with Gasteiger partial charge in [0, 0.05) is 44.9 Å².